The Morgan fingerprint density at radius 1 is 1.24 bits per heavy atom. The van der Waals surface area contributed by atoms with Crippen LogP contribution in [0, 0.1) is 0 Å². The molecule has 3 N–H and O–H groups in total. The average molecular weight is 447 g/mol. The number of nitrogen functional groups attached to an aromatic ring is 1. The van der Waals surface area contributed by atoms with Gasteiger partial charge in [-0.25, -0.2) is 9.97 Å². The van der Waals surface area contributed by atoms with E-state index in [0.717, 1.165) is 10.9 Å². The van der Waals surface area contributed by atoms with E-state index in [2.05, 4.69) is 9.97 Å². The van der Waals surface area contributed by atoms with Crippen LogP contribution in [0.4, 0.5) is 5.82 Å². The minimum atomic E-state index is -0.719. The number of piperazine rings is 1. The molecule has 0 radical (unpaired) electrons. The van der Waals surface area contributed by atoms with Crippen LogP contribution < -0.4 is 5.73 Å². The van der Waals surface area contributed by atoms with Crippen molar-refractivity contribution < 1.29 is 19.4 Å². The third kappa shape index (κ3) is 4.93. The molecule has 0 spiro atoms. The van der Waals surface area contributed by atoms with Gasteiger partial charge in [-0.3, -0.25) is 9.59 Å². The van der Waals surface area contributed by atoms with Crippen LogP contribution >= 0.6 is 0 Å². The maximum absolute atomic E-state index is 13.2. The van der Waals surface area contributed by atoms with E-state index in [-0.39, 0.29) is 24.2 Å². The summed E-state index contributed by atoms with van der Waals surface area (Å²) in [5.74, 6) is 0.0675. The first-order chi connectivity index (χ1) is 16.0. The molecule has 1 fully saturated rings. The molecule has 2 heterocycles. The number of hydrogen-bond acceptors (Lipinski definition) is 7. The molecule has 0 aliphatic carbocycles. The predicted octanol–water partition coefficient (Wildman–Crippen LogP) is 1.82. The van der Waals surface area contributed by atoms with E-state index in [0.29, 0.717) is 36.5 Å². The molecule has 0 saturated carbocycles. The highest BCUT2D eigenvalue weighted by Gasteiger charge is 2.36. The van der Waals surface area contributed by atoms with Crippen molar-refractivity contribution >= 4 is 34.6 Å². The predicted molar refractivity (Wildman–Crippen MR) is 124 cm³/mol. The van der Waals surface area contributed by atoms with Gasteiger partial charge in [0, 0.05) is 38.2 Å². The summed E-state index contributed by atoms with van der Waals surface area (Å²) in [5, 5.41) is 10.3. The topological polar surface area (TPSA) is 122 Å². The van der Waals surface area contributed by atoms with Crippen molar-refractivity contribution in [3.8, 4) is 5.75 Å². The van der Waals surface area contributed by atoms with Gasteiger partial charge in [0.1, 0.15) is 23.9 Å². The fraction of sp³-hybridized carbons (Fsp3) is 0.250. The van der Waals surface area contributed by atoms with E-state index >= 15 is 0 Å². The third-order valence-electron chi connectivity index (χ3n) is 5.59. The normalized spacial score (nSPS) is 16.6. The lowest BCUT2D eigenvalue weighted by Gasteiger charge is -2.40. The molecule has 1 unspecified atom stereocenters. The number of methoxy groups -OCH3 is 1. The van der Waals surface area contributed by atoms with Crippen LogP contribution in [0.25, 0.3) is 17.0 Å². The van der Waals surface area contributed by atoms with Crippen LogP contribution in [0.2, 0.25) is 0 Å². The smallest absolute Gasteiger partial charge is 0.248 e. The van der Waals surface area contributed by atoms with Gasteiger partial charge in [0.15, 0.2) is 0 Å². The van der Waals surface area contributed by atoms with Crippen molar-refractivity contribution in [3.05, 3.63) is 66.0 Å². The number of carbonyl (C=O) groups is 2. The Kier molecular flexibility index (Phi) is 6.50. The van der Waals surface area contributed by atoms with Crippen molar-refractivity contribution in [2.75, 3.05) is 32.5 Å². The number of nitrogens with zero attached hydrogens (tertiary/aromatic N) is 4. The van der Waals surface area contributed by atoms with Gasteiger partial charge in [0.2, 0.25) is 11.8 Å². The monoisotopic (exact) mass is 447 g/mol. The molecule has 9 nitrogen and oxygen atoms in total. The van der Waals surface area contributed by atoms with Crippen LogP contribution in [-0.4, -0.2) is 69.5 Å². The summed E-state index contributed by atoms with van der Waals surface area (Å²) in [7, 11) is 1.50. The largest absolute Gasteiger partial charge is 0.508 e. The number of carbonyl (C=O) groups excluding carboxylic acids is 2. The molecule has 170 valence electrons. The third-order valence-corrected chi connectivity index (χ3v) is 5.59. The molecular weight excluding hydrogens is 422 g/mol. The van der Waals surface area contributed by atoms with Crippen LogP contribution in [0.5, 0.6) is 5.75 Å². The molecule has 2 aromatic carbocycles. The van der Waals surface area contributed by atoms with Gasteiger partial charge < -0.3 is 25.4 Å². The molecule has 1 aliphatic rings. The Morgan fingerprint density at radius 3 is 2.88 bits per heavy atom. The molecule has 2 amide bonds. The van der Waals surface area contributed by atoms with Crippen molar-refractivity contribution in [3.63, 3.8) is 0 Å². The van der Waals surface area contributed by atoms with Gasteiger partial charge in [-0.05, 0) is 41.5 Å². The first-order valence-corrected chi connectivity index (χ1v) is 10.5. The molecule has 1 aliphatic heterocycles. The SMILES string of the molecule is COCC1C(=O)N(Cc2ccc3c(N)ncnc3c2)CCN1C(=O)/C=C/c1cccc(O)c1. The number of anilines is 1. The van der Waals surface area contributed by atoms with E-state index < -0.39 is 6.04 Å². The average Bonchev–Trinajstić information content (AvgIpc) is 2.80. The number of amides is 2. The maximum Gasteiger partial charge on any atom is 0.248 e. The van der Waals surface area contributed by atoms with E-state index in [1.807, 2.05) is 18.2 Å². The molecule has 33 heavy (non-hydrogen) atoms. The molecule has 3 aromatic rings. The maximum atomic E-state index is 13.2. The van der Waals surface area contributed by atoms with Crippen LogP contribution in [0.15, 0.2) is 54.9 Å². The second-order valence-electron chi connectivity index (χ2n) is 7.80. The summed E-state index contributed by atoms with van der Waals surface area (Å²) >= 11 is 0. The number of phenolic OH excluding ortho intramolecular Hbond substituents is 1. The fourth-order valence-electron chi connectivity index (χ4n) is 3.91. The second kappa shape index (κ2) is 9.66. The summed E-state index contributed by atoms with van der Waals surface area (Å²) in [4.78, 5) is 37.6. The summed E-state index contributed by atoms with van der Waals surface area (Å²) < 4.78 is 5.25. The van der Waals surface area contributed by atoms with E-state index in [1.54, 1.807) is 35.2 Å². The summed E-state index contributed by atoms with van der Waals surface area (Å²) in [6, 6.07) is 11.5. The van der Waals surface area contributed by atoms with Gasteiger partial charge in [0.25, 0.3) is 0 Å². The van der Waals surface area contributed by atoms with Crippen molar-refractivity contribution in [1.82, 2.24) is 19.8 Å². The number of nitrogens with two attached hydrogens (primary N) is 1. The van der Waals surface area contributed by atoms with Gasteiger partial charge in [-0.2, -0.15) is 0 Å². The van der Waals surface area contributed by atoms with Gasteiger partial charge >= 0.3 is 0 Å². The number of phenols is 1. The highest BCUT2D eigenvalue weighted by atomic mass is 16.5. The zero-order chi connectivity index (χ0) is 23.4. The van der Waals surface area contributed by atoms with E-state index in [1.165, 1.54) is 24.4 Å². The lowest BCUT2D eigenvalue weighted by Crippen LogP contribution is -2.59. The Labute approximate surface area is 191 Å². The molecular formula is C24H25N5O4. The number of aromatic hydroxyl groups is 1. The fourth-order valence-corrected chi connectivity index (χ4v) is 3.91. The van der Waals surface area contributed by atoms with Gasteiger partial charge in [-0.1, -0.05) is 18.2 Å². The standard InChI is InChI=1S/C24H25N5O4/c1-33-14-21-24(32)28(13-17-5-7-19-20(12-17)26-15-27-23(19)25)9-10-29(21)22(31)8-6-16-3-2-4-18(30)11-16/h2-8,11-12,15,21,30H,9-10,13-14H2,1H3,(H2,25,26,27)/b8-6+. The Hall–Kier alpha value is -3.98. The molecule has 4 rings (SSSR count). The van der Waals surface area contributed by atoms with Gasteiger partial charge in [-0.15, -0.1) is 0 Å². The zero-order valence-electron chi connectivity index (χ0n) is 18.2. The lowest BCUT2D eigenvalue weighted by molar-refractivity contribution is -0.152. The highest BCUT2D eigenvalue weighted by Crippen LogP contribution is 2.21. The van der Waals surface area contributed by atoms with Crippen LogP contribution in [0.1, 0.15) is 11.1 Å². The molecule has 1 aromatic heterocycles. The van der Waals surface area contributed by atoms with E-state index in [9.17, 15) is 14.7 Å². The van der Waals surface area contributed by atoms with E-state index in [4.69, 9.17) is 10.5 Å². The Morgan fingerprint density at radius 2 is 2.09 bits per heavy atom. The minimum Gasteiger partial charge on any atom is -0.508 e. The number of fused-ring (bicyclic) bond motifs is 1. The zero-order valence-corrected chi connectivity index (χ0v) is 18.2. The minimum absolute atomic E-state index is 0.0997. The molecule has 0 bridgehead atoms. The van der Waals surface area contributed by atoms with Crippen molar-refractivity contribution in [2.24, 2.45) is 0 Å². The Bertz CT molecular complexity index is 1210. The highest BCUT2D eigenvalue weighted by molar-refractivity contribution is 5.96. The number of aromatic nitrogens is 2. The summed E-state index contributed by atoms with van der Waals surface area (Å²) in [5.41, 5.74) is 8.21. The van der Waals surface area contributed by atoms with Crippen LogP contribution in [-0.2, 0) is 20.9 Å². The second-order valence-corrected chi connectivity index (χ2v) is 7.80. The van der Waals surface area contributed by atoms with Crippen molar-refractivity contribution in [1.29, 1.82) is 0 Å². The first kappa shape index (κ1) is 22.2. The number of benzene rings is 2. The van der Waals surface area contributed by atoms with Gasteiger partial charge in [0.05, 0.1) is 12.1 Å². The number of rotatable bonds is 6. The number of ether oxygens (including phenoxy) is 1. The summed E-state index contributed by atoms with van der Waals surface area (Å²) in [6.07, 6.45) is 4.44. The first-order valence-electron chi connectivity index (χ1n) is 10.5. The number of hydrogen-bond donors (Lipinski definition) is 2. The van der Waals surface area contributed by atoms with Crippen molar-refractivity contribution in [2.45, 2.75) is 12.6 Å². The van der Waals surface area contributed by atoms with Crippen LogP contribution in [0.3, 0.4) is 0 Å². The Balaban J connectivity index is 1.48. The molecule has 1 atom stereocenters. The lowest BCUT2D eigenvalue weighted by atomic mass is 10.1. The molecule has 1 saturated heterocycles. The summed E-state index contributed by atoms with van der Waals surface area (Å²) in [6.45, 7) is 1.27. The molecule has 9 heteroatoms. The quantitative estimate of drug-likeness (QED) is 0.553.